The summed E-state index contributed by atoms with van der Waals surface area (Å²) in [5, 5.41) is 3.31. The number of hydrogen-bond acceptors (Lipinski definition) is 6. The Bertz CT molecular complexity index is 1370. The highest BCUT2D eigenvalue weighted by Crippen LogP contribution is 2.32. The van der Waals surface area contributed by atoms with Crippen LogP contribution < -0.4 is 4.74 Å². The molecule has 34 heavy (non-hydrogen) atoms. The Morgan fingerprint density at radius 2 is 1.88 bits per heavy atom. The van der Waals surface area contributed by atoms with Crippen molar-refractivity contribution in [2.45, 2.75) is 38.5 Å². The molecule has 0 spiro atoms. The second-order valence-corrected chi connectivity index (χ2v) is 11.6. The molecule has 0 saturated carbocycles. The van der Waals surface area contributed by atoms with E-state index in [-0.39, 0.29) is 4.90 Å². The molecule has 0 amide bonds. The van der Waals surface area contributed by atoms with Gasteiger partial charge in [-0.2, -0.15) is 4.31 Å². The molecule has 1 N–H and O–H groups in total. The van der Waals surface area contributed by atoms with Crippen LogP contribution in [0.15, 0.2) is 23.1 Å². The number of nitrogens with one attached hydrogen (secondary N) is 1. The van der Waals surface area contributed by atoms with Crippen molar-refractivity contribution in [2.75, 3.05) is 46.9 Å². The quantitative estimate of drug-likeness (QED) is 0.392. The van der Waals surface area contributed by atoms with E-state index >= 15 is 0 Å². The summed E-state index contributed by atoms with van der Waals surface area (Å²) in [6.07, 6.45) is 1.71. The van der Waals surface area contributed by atoms with E-state index in [4.69, 9.17) is 17.0 Å². The number of imidazole rings is 1. The van der Waals surface area contributed by atoms with Gasteiger partial charge in [-0.05, 0) is 38.5 Å². The highest BCUT2D eigenvalue weighted by molar-refractivity contribution is 7.89. The molecule has 1 saturated heterocycles. The first-order chi connectivity index (χ1) is 16.1. The van der Waals surface area contributed by atoms with Gasteiger partial charge in [0.1, 0.15) is 17.1 Å². The van der Waals surface area contributed by atoms with E-state index in [1.807, 2.05) is 18.4 Å². The van der Waals surface area contributed by atoms with Crippen molar-refractivity contribution < 1.29 is 17.6 Å². The van der Waals surface area contributed by atoms with Crippen LogP contribution in [0.3, 0.4) is 0 Å². The minimum absolute atomic E-state index is 0.218. The van der Waals surface area contributed by atoms with Gasteiger partial charge in [-0.25, -0.2) is 22.9 Å². The number of aromatic nitrogens is 4. The van der Waals surface area contributed by atoms with Gasteiger partial charge >= 0.3 is 0 Å². The van der Waals surface area contributed by atoms with Gasteiger partial charge in [0.15, 0.2) is 10.5 Å². The lowest BCUT2D eigenvalue weighted by Gasteiger charge is -2.38. The summed E-state index contributed by atoms with van der Waals surface area (Å²) in [6, 6.07) is 4.94. The number of aryl methyl sites for hydroxylation is 2. The largest absolute Gasteiger partial charge is 0.493 e. The van der Waals surface area contributed by atoms with Crippen LogP contribution in [0.5, 0.6) is 5.75 Å². The fourth-order valence-corrected chi connectivity index (χ4v) is 6.05. The van der Waals surface area contributed by atoms with Crippen LogP contribution in [0.2, 0.25) is 0 Å². The van der Waals surface area contributed by atoms with Crippen LogP contribution in [-0.2, 0) is 16.4 Å². The molecule has 184 valence electrons. The number of H-pyrrole nitrogens is 1. The van der Waals surface area contributed by atoms with Crippen molar-refractivity contribution in [3.63, 3.8) is 0 Å². The molecule has 1 aromatic carbocycles. The van der Waals surface area contributed by atoms with Crippen LogP contribution >= 0.6 is 12.2 Å². The maximum absolute atomic E-state index is 13.5. The molecule has 3 aromatic rings. The first kappa shape index (κ1) is 24.8. The Kier molecular flexibility index (Phi) is 6.83. The zero-order chi connectivity index (χ0) is 24.7. The molecule has 2 aromatic heterocycles. The smallest absolute Gasteiger partial charge is 0.243 e. The minimum atomic E-state index is -3.66. The normalized spacial score (nSPS) is 16.7. The number of sulfonamides is 1. The Hall–Kier alpha value is -2.34. The first-order valence-corrected chi connectivity index (χ1v) is 13.5. The summed E-state index contributed by atoms with van der Waals surface area (Å²) in [6.45, 7) is 8.85. The molecule has 0 aliphatic carbocycles. The molecule has 0 atom stereocenters. The van der Waals surface area contributed by atoms with Crippen molar-refractivity contribution >= 4 is 27.8 Å². The maximum Gasteiger partial charge on any atom is 0.243 e. The van der Waals surface area contributed by atoms with Crippen LogP contribution in [0.4, 0.5) is 0 Å². The van der Waals surface area contributed by atoms with E-state index in [0.717, 1.165) is 47.4 Å². The third-order valence-electron chi connectivity index (χ3n) is 6.28. The second kappa shape index (κ2) is 9.37. The minimum Gasteiger partial charge on any atom is -0.493 e. The van der Waals surface area contributed by atoms with Crippen molar-refractivity contribution in [3.8, 4) is 17.1 Å². The molecule has 9 nitrogen and oxygen atoms in total. The molecule has 11 heteroatoms. The van der Waals surface area contributed by atoms with Crippen LogP contribution in [0.25, 0.3) is 16.9 Å². The number of benzene rings is 1. The summed E-state index contributed by atoms with van der Waals surface area (Å²) >= 11 is 5.60. The molecule has 4 rings (SSSR count). The summed E-state index contributed by atoms with van der Waals surface area (Å²) in [5.41, 5.74) is 2.13. The average Bonchev–Trinajstić information content (AvgIpc) is 3.09. The summed E-state index contributed by atoms with van der Waals surface area (Å²) < 4.78 is 37.5. The molecule has 0 bridgehead atoms. The molecule has 1 fully saturated rings. The molecular weight excluding hydrogens is 472 g/mol. The van der Waals surface area contributed by atoms with E-state index < -0.39 is 10.0 Å². The Balaban J connectivity index is 1.83. The average molecular weight is 506 g/mol. The van der Waals surface area contributed by atoms with Gasteiger partial charge in [-0.15, -0.1) is 0 Å². The molecule has 1 aliphatic heterocycles. The van der Waals surface area contributed by atoms with Gasteiger partial charge < -0.3 is 9.22 Å². The van der Waals surface area contributed by atoms with Gasteiger partial charge in [0.25, 0.3) is 0 Å². The van der Waals surface area contributed by atoms with Crippen molar-refractivity contribution in [1.82, 2.24) is 23.9 Å². The predicted molar refractivity (Wildman–Crippen MR) is 134 cm³/mol. The molecule has 0 radical (unpaired) electrons. The van der Waals surface area contributed by atoms with E-state index in [1.165, 1.54) is 0 Å². The monoisotopic (exact) mass is 505 g/mol. The van der Waals surface area contributed by atoms with Crippen molar-refractivity contribution in [2.24, 2.45) is 0 Å². The van der Waals surface area contributed by atoms with Gasteiger partial charge in [0.2, 0.25) is 10.0 Å². The topological polar surface area (TPSA) is 92.6 Å². The van der Waals surface area contributed by atoms with Crippen molar-refractivity contribution in [1.29, 1.82) is 0 Å². The maximum atomic E-state index is 13.5. The standard InChI is InChI=1S/C23H32N6O3S2/c1-6-8-20-24-16(3)21-23(33)25-22(26-28(20)21)18-15-17(9-10-19(18)32-7-2)34(30,31)27-11-13-29(4,5)14-12-27/h9-10,15H,6-8,11-14H2,1-5H3/p+1. The molecule has 1 aliphatic rings. The van der Waals surface area contributed by atoms with Crippen molar-refractivity contribution in [3.05, 3.63) is 34.4 Å². The van der Waals surface area contributed by atoms with Crippen LogP contribution in [-0.4, -0.2) is 83.7 Å². The molecule has 3 heterocycles. The number of fused-ring (bicyclic) bond motifs is 1. The van der Waals surface area contributed by atoms with E-state index in [2.05, 4.69) is 36.1 Å². The highest BCUT2D eigenvalue weighted by Gasteiger charge is 2.33. The highest BCUT2D eigenvalue weighted by atomic mass is 32.2. The Morgan fingerprint density at radius 3 is 2.53 bits per heavy atom. The second-order valence-electron chi connectivity index (χ2n) is 9.30. The van der Waals surface area contributed by atoms with Gasteiger partial charge in [-0.3, -0.25) is 5.10 Å². The molecule has 0 unspecified atom stereocenters. The lowest BCUT2D eigenvalue weighted by Crippen LogP contribution is -2.55. The third-order valence-corrected chi connectivity index (χ3v) is 8.46. The fraction of sp³-hybridized carbons (Fsp3) is 0.522. The number of hydrogen-bond donors (Lipinski definition) is 1. The van der Waals surface area contributed by atoms with Crippen LogP contribution in [0, 0.1) is 11.6 Å². The van der Waals surface area contributed by atoms with Gasteiger partial charge in [0.05, 0.1) is 63.0 Å². The number of aromatic amines is 1. The summed E-state index contributed by atoms with van der Waals surface area (Å²) in [5.74, 6) is 1.86. The number of piperazine rings is 1. The zero-order valence-corrected chi connectivity index (χ0v) is 22.1. The fourth-order valence-electron chi connectivity index (χ4n) is 4.27. The Labute approximate surface area is 206 Å². The first-order valence-electron chi connectivity index (χ1n) is 11.6. The SMILES string of the molecule is CCCc1nc(C)c2c(=S)nc(-c3cc(S(=O)(=O)N4CC[N+](C)(C)CC4)ccc3OCC)[nH]n12. The predicted octanol–water partition coefficient (Wildman–Crippen LogP) is 3.19. The third kappa shape index (κ3) is 4.61. The van der Waals surface area contributed by atoms with Crippen LogP contribution in [0.1, 0.15) is 31.8 Å². The lowest BCUT2D eigenvalue weighted by molar-refractivity contribution is -0.893. The number of likely N-dealkylation sites (N-methyl/N-ethyl adjacent to an activating group) is 1. The van der Waals surface area contributed by atoms with E-state index in [9.17, 15) is 8.42 Å². The summed E-state index contributed by atoms with van der Waals surface area (Å²) in [7, 11) is 0.579. The Morgan fingerprint density at radius 1 is 1.18 bits per heavy atom. The number of ether oxygens (including phenoxy) is 1. The summed E-state index contributed by atoms with van der Waals surface area (Å²) in [4.78, 5) is 9.48. The van der Waals surface area contributed by atoms with E-state index in [0.29, 0.717) is 41.5 Å². The number of quaternary nitrogens is 1. The molecular formula is C23H33N6O3S2+. The van der Waals surface area contributed by atoms with Gasteiger partial charge in [-0.1, -0.05) is 19.1 Å². The van der Waals surface area contributed by atoms with E-state index in [1.54, 1.807) is 22.5 Å². The lowest BCUT2D eigenvalue weighted by atomic mass is 10.2. The zero-order valence-electron chi connectivity index (χ0n) is 20.5. The van der Waals surface area contributed by atoms with Gasteiger partial charge in [0, 0.05) is 6.42 Å². The number of rotatable bonds is 7. The number of nitrogens with zero attached hydrogens (tertiary/aromatic N) is 5.